The van der Waals surface area contributed by atoms with E-state index in [4.69, 9.17) is 9.68 Å². The Morgan fingerprint density at radius 2 is 1.16 bits per heavy atom. The number of amides is 4. The van der Waals surface area contributed by atoms with Crippen LogP contribution in [0.25, 0.3) is 0 Å². The fraction of sp³-hybridized carbons (Fsp3) is 0.468. The third-order valence-corrected chi connectivity index (χ3v) is 13.6. The van der Waals surface area contributed by atoms with Crippen LogP contribution in [0.5, 0.6) is 0 Å². The molecule has 2 aromatic carbocycles. The van der Waals surface area contributed by atoms with E-state index < -0.39 is 78.1 Å². The minimum atomic E-state index is -4.54. The molecule has 0 unspecified atom stereocenters. The average Bonchev–Trinajstić information content (AvgIpc) is 3.86. The van der Waals surface area contributed by atoms with Crippen molar-refractivity contribution in [2.45, 2.75) is 127 Å². The molecule has 6 rings (SSSR count). The smallest absolute Gasteiger partial charge is 0.748 e. The van der Waals surface area contributed by atoms with E-state index in [0.717, 1.165) is 33.9 Å². The molecule has 18 nitrogen and oxygen atoms in total. The molecule has 4 aliphatic heterocycles. The van der Waals surface area contributed by atoms with E-state index in [9.17, 15) is 54.7 Å². The zero-order chi connectivity index (χ0) is 48.9. The van der Waals surface area contributed by atoms with Crippen LogP contribution in [0, 0.1) is 0 Å². The molecular weight excluding hydrogens is 948 g/mol. The maximum absolute atomic E-state index is 12.4. The van der Waals surface area contributed by atoms with Gasteiger partial charge in [-0.05, 0) is 74.4 Å². The zero-order valence-electron chi connectivity index (χ0n) is 39.0. The topological polar surface area (TPSA) is 248 Å². The van der Waals surface area contributed by atoms with Crippen molar-refractivity contribution in [3.8, 4) is 0 Å². The van der Waals surface area contributed by atoms with Crippen LogP contribution >= 0.6 is 0 Å². The van der Waals surface area contributed by atoms with Crippen LogP contribution in [0.1, 0.15) is 127 Å². The molecule has 0 bridgehead atoms. The minimum Gasteiger partial charge on any atom is -0.748 e. The molecule has 0 aromatic heterocycles. The number of nitrogens with zero attached hydrogens (tertiary/aromatic N) is 4. The molecule has 4 aliphatic rings. The van der Waals surface area contributed by atoms with E-state index in [1.165, 1.54) is 0 Å². The van der Waals surface area contributed by atoms with Gasteiger partial charge in [-0.25, -0.2) is 26.4 Å². The van der Waals surface area contributed by atoms with Crippen LogP contribution in [0.4, 0.5) is 11.4 Å². The summed E-state index contributed by atoms with van der Waals surface area (Å²) in [6.07, 6.45) is 13.0. The van der Waals surface area contributed by atoms with E-state index in [-0.39, 0.29) is 89.9 Å². The first-order valence-corrected chi connectivity index (χ1v) is 25.4. The van der Waals surface area contributed by atoms with Crippen molar-refractivity contribution in [3.63, 3.8) is 0 Å². The standard InChI is InChI=1S/C47H56N4O14S2.K/c1-46(2)34-28-32(30-66(58,59)60)18-20-36(34)48(26-12-6-10-16-44(56)64-50-40(52)22-23-41(50)53)38(46)14-8-5-9-15-39-47(3,4)35-29-33(31-67(61,62)63)19-21-37(35)49(39)27-13-7-11-17-45(57)65-51-42(54)24-25-43(51)55;/h5,8-9,14-15,18-21,28-29H,6-7,10-13,16-17,22-27,30-31H2,1-4H3,(H-,58,59,60,61,62,63);/q;+1/p-1. The maximum atomic E-state index is 12.4. The molecule has 4 heterocycles. The first-order chi connectivity index (χ1) is 31.5. The van der Waals surface area contributed by atoms with Gasteiger partial charge in [0.2, 0.25) is 5.69 Å². The van der Waals surface area contributed by atoms with Gasteiger partial charge >= 0.3 is 63.3 Å². The van der Waals surface area contributed by atoms with Crippen molar-refractivity contribution in [1.82, 2.24) is 10.1 Å². The predicted octanol–water partition coefficient (Wildman–Crippen LogP) is 2.29. The fourth-order valence-corrected chi connectivity index (χ4v) is 10.1. The second-order valence-electron chi connectivity index (χ2n) is 18.1. The number of fused-ring (bicyclic) bond motifs is 2. The van der Waals surface area contributed by atoms with Crippen molar-refractivity contribution in [1.29, 1.82) is 0 Å². The normalized spacial score (nSPS) is 18.4. The Morgan fingerprint density at radius 1 is 0.662 bits per heavy atom. The molecule has 68 heavy (non-hydrogen) atoms. The van der Waals surface area contributed by atoms with Crippen LogP contribution in [-0.2, 0) is 81.0 Å². The second-order valence-corrected chi connectivity index (χ2v) is 20.9. The Hall–Kier alpha value is -4.19. The Morgan fingerprint density at radius 3 is 1.69 bits per heavy atom. The summed E-state index contributed by atoms with van der Waals surface area (Å²) in [4.78, 5) is 84.2. The van der Waals surface area contributed by atoms with Gasteiger partial charge in [0.25, 0.3) is 23.6 Å². The average molecular weight is 1000 g/mol. The summed E-state index contributed by atoms with van der Waals surface area (Å²) in [7, 11) is -9.08. The zero-order valence-corrected chi connectivity index (χ0v) is 43.7. The predicted molar refractivity (Wildman–Crippen MR) is 241 cm³/mol. The van der Waals surface area contributed by atoms with E-state index in [1.807, 2.05) is 58.1 Å². The van der Waals surface area contributed by atoms with Gasteiger partial charge in [-0.15, -0.1) is 10.1 Å². The van der Waals surface area contributed by atoms with Crippen LogP contribution in [-0.4, -0.2) is 95.0 Å². The number of anilines is 1. The molecule has 21 heteroatoms. The van der Waals surface area contributed by atoms with E-state index in [0.29, 0.717) is 72.9 Å². The SMILES string of the molecule is CC1(C)C(/C=C/C=C/C=C2/N(CCCCCC(=O)ON3C(=O)CCC3=O)c3ccc(CS(=O)(=O)[O-])cc3C2(C)C)=[N+](CCCCCC(=O)ON2C(=O)CCC2=O)c2ccc(CS(=O)(=O)[O-])cc21.[K+]. The van der Waals surface area contributed by atoms with Crippen molar-refractivity contribution in [3.05, 3.63) is 94.7 Å². The van der Waals surface area contributed by atoms with Crippen molar-refractivity contribution in [2.75, 3.05) is 18.0 Å². The molecule has 0 saturated carbocycles. The van der Waals surface area contributed by atoms with Gasteiger partial charge in [0.05, 0.1) is 37.2 Å². The summed E-state index contributed by atoms with van der Waals surface area (Å²) in [5.74, 6) is -4.83. The fourth-order valence-electron chi connectivity index (χ4n) is 8.92. The molecule has 0 N–H and O–H groups in total. The quantitative estimate of drug-likeness (QED) is 0.0435. The number of hydroxylamine groups is 4. The van der Waals surface area contributed by atoms with E-state index in [2.05, 4.69) is 9.48 Å². The number of carbonyl (C=O) groups excluding carboxylic acids is 6. The Bertz CT molecular complexity index is 2680. The molecule has 0 aliphatic carbocycles. The number of carbonyl (C=O) groups is 6. The van der Waals surface area contributed by atoms with Crippen molar-refractivity contribution < 1.29 is 120 Å². The Labute approximate surface area is 439 Å². The number of rotatable bonds is 21. The maximum Gasteiger partial charge on any atom is 1.00 e. The third-order valence-electron chi connectivity index (χ3n) is 12.3. The molecule has 4 amide bonds. The van der Waals surface area contributed by atoms with Crippen molar-refractivity contribution >= 4 is 72.9 Å². The summed E-state index contributed by atoms with van der Waals surface area (Å²) in [5, 5.41) is 1.06. The van der Waals surface area contributed by atoms with Gasteiger partial charge in [-0.1, -0.05) is 56.7 Å². The summed E-state index contributed by atoms with van der Waals surface area (Å²) in [6.45, 7) is 9.07. The number of allylic oxidation sites excluding steroid dienone is 6. The summed E-state index contributed by atoms with van der Waals surface area (Å²) in [5.41, 5.74) is 4.63. The minimum absolute atomic E-state index is 0. The molecule has 2 saturated heterocycles. The molecule has 2 fully saturated rings. The molecule has 0 atom stereocenters. The second kappa shape index (κ2) is 22.7. The van der Waals surface area contributed by atoms with Gasteiger partial charge in [0, 0.05) is 86.0 Å². The molecule has 0 spiro atoms. The van der Waals surface area contributed by atoms with Gasteiger partial charge < -0.3 is 23.7 Å². The van der Waals surface area contributed by atoms with Gasteiger partial charge in [-0.2, -0.15) is 4.58 Å². The molecular formula is C47H55KN4O14S2. The number of hydrogen-bond donors (Lipinski definition) is 0. The first kappa shape index (κ1) is 54.7. The molecule has 0 radical (unpaired) electrons. The largest absolute Gasteiger partial charge is 1.00 e. The number of imide groups is 2. The Kier molecular flexibility index (Phi) is 18.3. The molecule has 360 valence electrons. The molecule has 2 aromatic rings. The first-order valence-electron chi connectivity index (χ1n) is 22.2. The number of unbranched alkanes of at least 4 members (excludes halogenated alkanes) is 4. The Balaban J connectivity index is 0.00000864. The summed E-state index contributed by atoms with van der Waals surface area (Å²) >= 11 is 0. The third kappa shape index (κ3) is 13.6. The van der Waals surface area contributed by atoms with Crippen LogP contribution in [0.3, 0.4) is 0 Å². The van der Waals surface area contributed by atoms with Crippen LogP contribution < -0.4 is 56.3 Å². The van der Waals surface area contributed by atoms with Crippen LogP contribution in [0.15, 0.2) is 72.5 Å². The van der Waals surface area contributed by atoms with E-state index >= 15 is 0 Å². The van der Waals surface area contributed by atoms with Gasteiger partial charge in [0.1, 0.15) is 6.54 Å². The monoisotopic (exact) mass is 1000 g/mol. The van der Waals surface area contributed by atoms with Crippen LogP contribution in [0.2, 0.25) is 0 Å². The summed E-state index contributed by atoms with van der Waals surface area (Å²) in [6, 6.07) is 10.3. The van der Waals surface area contributed by atoms with Gasteiger partial charge in [0.15, 0.2) is 5.71 Å². The number of hydrogen-bond acceptors (Lipinski definition) is 15. The van der Waals surface area contributed by atoms with Crippen molar-refractivity contribution in [2.24, 2.45) is 0 Å². The van der Waals surface area contributed by atoms with E-state index in [1.54, 1.807) is 36.4 Å². The summed E-state index contributed by atoms with van der Waals surface area (Å²) < 4.78 is 72.3. The van der Waals surface area contributed by atoms with Gasteiger partial charge in [-0.3, -0.25) is 19.2 Å². The number of benzene rings is 2.